The molecule has 11 heteroatoms. The monoisotopic (exact) mass is 681 g/mol. The average Bonchev–Trinajstić information content (AvgIpc) is 2.94. The zero-order valence-corrected chi connectivity index (χ0v) is 27.3. The second-order valence-electron chi connectivity index (χ2n) is 9.81. The first-order valence-corrected chi connectivity index (χ1v) is 16.2. The van der Waals surface area contributed by atoms with Crippen molar-refractivity contribution < 1.29 is 18.0 Å². The van der Waals surface area contributed by atoms with E-state index in [2.05, 4.69) is 21.2 Å². The molecule has 3 aromatic carbocycles. The van der Waals surface area contributed by atoms with Crippen molar-refractivity contribution in [3.05, 3.63) is 92.4 Å². The number of carbonyl (C=O) groups excluding carboxylic acids is 2. The predicted octanol–water partition coefficient (Wildman–Crippen LogP) is 6.98. The number of carbonyl (C=O) groups is 2. The maximum absolute atomic E-state index is 14.1. The summed E-state index contributed by atoms with van der Waals surface area (Å²) in [6.07, 6.45) is 1.04. The fourth-order valence-electron chi connectivity index (χ4n) is 4.17. The molecule has 220 valence electrons. The highest BCUT2D eigenvalue weighted by Crippen LogP contribution is 2.28. The maximum Gasteiger partial charge on any atom is 0.264 e. The van der Waals surface area contributed by atoms with Gasteiger partial charge in [-0.3, -0.25) is 13.9 Å². The molecule has 0 aliphatic carbocycles. The van der Waals surface area contributed by atoms with Gasteiger partial charge in [-0.15, -0.1) is 0 Å². The first-order chi connectivity index (χ1) is 19.4. The van der Waals surface area contributed by atoms with Gasteiger partial charge in [-0.05, 0) is 80.8 Å². The standard InChI is InChI=1S/C30H34BrCl2N3O4S/c1-5-21(4)34-30(38)28(6-2)35(18-22-9-16-26(32)27(33)17-22)29(37)19-36(24-12-10-23(31)11-13-24)41(39,40)25-14-7-20(3)8-15-25/h7-17,21,28H,5-6,18-19H2,1-4H3,(H,34,38)/t21-,28+/m0/s1. The summed E-state index contributed by atoms with van der Waals surface area (Å²) in [7, 11) is -4.14. The highest BCUT2D eigenvalue weighted by Gasteiger charge is 2.34. The van der Waals surface area contributed by atoms with E-state index < -0.39 is 28.5 Å². The number of benzene rings is 3. The first-order valence-electron chi connectivity index (χ1n) is 13.3. The van der Waals surface area contributed by atoms with Gasteiger partial charge in [0.1, 0.15) is 12.6 Å². The van der Waals surface area contributed by atoms with Gasteiger partial charge < -0.3 is 10.2 Å². The molecule has 0 aliphatic heterocycles. The second-order valence-corrected chi connectivity index (χ2v) is 13.4. The summed E-state index contributed by atoms with van der Waals surface area (Å²) in [4.78, 5) is 28.9. The van der Waals surface area contributed by atoms with Gasteiger partial charge in [0.15, 0.2) is 0 Å². The number of rotatable bonds is 12. The number of nitrogens with one attached hydrogen (secondary N) is 1. The Kier molecular flexibility index (Phi) is 11.7. The zero-order valence-electron chi connectivity index (χ0n) is 23.4. The van der Waals surface area contributed by atoms with Crippen molar-refractivity contribution in [3.63, 3.8) is 0 Å². The number of aryl methyl sites for hydroxylation is 1. The summed E-state index contributed by atoms with van der Waals surface area (Å²) >= 11 is 15.7. The van der Waals surface area contributed by atoms with Gasteiger partial charge in [0.05, 0.1) is 20.6 Å². The average molecular weight is 683 g/mol. The van der Waals surface area contributed by atoms with Gasteiger partial charge in [0, 0.05) is 17.1 Å². The fourth-order valence-corrected chi connectivity index (χ4v) is 6.17. The molecule has 0 fully saturated rings. The number of hydrogen-bond donors (Lipinski definition) is 1. The van der Waals surface area contributed by atoms with Crippen LogP contribution in [0.4, 0.5) is 5.69 Å². The molecule has 0 bridgehead atoms. The molecule has 0 heterocycles. The van der Waals surface area contributed by atoms with Crippen LogP contribution in [0.15, 0.2) is 76.1 Å². The first kappa shape index (κ1) is 32.9. The van der Waals surface area contributed by atoms with Gasteiger partial charge in [-0.2, -0.15) is 0 Å². The van der Waals surface area contributed by atoms with Crippen LogP contribution in [0.5, 0.6) is 0 Å². The van der Waals surface area contributed by atoms with E-state index in [0.29, 0.717) is 27.7 Å². The summed E-state index contributed by atoms with van der Waals surface area (Å²) in [6, 6.07) is 17.2. The number of amides is 2. The Balaban J connectivity index is 2.07. The van der Waals surface area contributed by atoms with E-state index in [1.54, 1.807) is 54.6 Å². The number of hydrogen-bond acceptors (Lipinski definition) is 4. The molecule has 3 rings (SSSR count). The molecule has 1 N–H and O–H groups in total. The smallest absolute Gasteiger partial charge is 0.264 e. The van der Waals surface area contributed by atoms with E-state index in [4.69, 9.17) is 23.2 Å². The van der Waals surface area contributed by atoms with Crippen molar-refractivity contribution >= 4 is 66.7 Å². The summed E-state index contributed by atoms with van der Waals surface area (Å²) in [5.74, 6) is -0.854. The fraction of sp³-hybridized carbons (Fsp3) is 0.333. The van der Waals surface area contributed by atoms with Gasteiger partial charge in [-0.25, -0.2) is 8.42 Å². The molecule has 0 saturated carbocycles. The lowest BCUT2D eigenvalue weighted by Gasteiger charge is -2.33. The Bertz CT molecular complexity index is 1470. The molecule has 0 aliphatic rings. The summed E-state index contributed by atoms with van der Waals surface area (Å²) in [5.41, 5.74) is 1.87. The highest BCUT2D eigenvalue weighted by molar-refractivity contribution is 9.10. The molecular formula is C30H34BrCl2N3O4S. The molecule has 0 radical (unpaired) electrons. The highest BCUT2D eigenvalue weighted by atomic mass is 79.9. The number of nitrogens with zero attached hydrogens (tertiary/aromatic N) is 2. The van der Waals surface area contributed by atoms with Crippen LogP contribution in [0.3, 0.4) is 0 Å². The van der Waals surface area contributed by atoms with Crippen molar-refractivity contribution in [3.8, 4) is 0 Å². The molecule has 7 nitrogen and oxygen atoms in total. The van der Waals surface area contributed by atoms with Crippen molar-refractivity contribution in [2.24, 2.45) is 0 Å². The second kappa shape index (κ2) is 14.5. The largest absolute Gasteiger partial charge is 0.352 e. The van der Waals surface area contributed by atoms with Crippen molar-refractivity contribution in [2.45, 2.75) is 64.1 Å². The molecule has 2 amide bonds. The summed E-state index contributed by atoms with van der Waals surface area (Å²) in [6.45, 7) is 7.02. The maximum atomic E-state index is 14.1. The lowest BCUT2D eigenvalue weighted by Crippen LogP contribution is -2.53. The number of anilines is 1. The van der Waals surface area contributed by atoms with Crippen molar-refractivity contribution in [2.75, 3.05) is 10.8 Å². The SMILES string of the molecule is CC[C@H](C(=O)N[C@@H](C)CC)N(Cc1ccc(Cl)c(Cl)c1)C(=O)CN(c1ccc(Br)cc1)S(=O)(=O)c1ccc(C)cc1. The lowest BCUT2D eigenvalue weighted by molar-refractivity contribution is -0.140. The van der Waals surface area contributed by atoms with Crippen LogP contribution in [0.1, 0.15) is 44.7 Å². The summed E-state index contributed by atoms with van der Waals surface area (Å²) in [5, 5.41) is 3.63. The van der Waals surface area contributed by atoms with E-state index in [9.17, 15) is 18.0 Å². The van der Waals surface area contributed by atoms with Crippen LogP contribution in [0.2, 0.25) is 10.0 Å². The van der Waals surface area contributed by atoms with Gasteiger partial charge in [-0.1, -0.05) is 76.7 Å². The van der Waals surface area contributed by atoms with Crippen LogP contribution in [0, 0.1) is 6.92 Å². The third kappa shape index (κ3) is 8.47. The minimum Gasteiger partial charge on any atom is -0.352 e. The van der Waals surface area contributed by atoms with E-state index in [1.807, 2.05) is 27.7 Å². The third-order valence-corrected chi connectivity index (χ3v) is 9.78. The van der Waals surface area contributed by atoms with E-state index >= 15 is 0 Å². The quantitative estimate of drug-likeness (QED) is 0.223. The van der Waals surface area contributed by atoms with Gasteiger partial charge in [0.2, 0.25) is 11.8 Å². The van der Waals surface area contributed by atoms with E-state index in [-0.39, 0.29) is 23.4 Å². The normalized spacial score (nSPS) is 12.9. The minimum atomic E-state index is -4.14. The molecule has 0 aromatic heterocycles. The number of halogens is 3. The van der Waals surface area contributed by atoms with E-state index in [1.165, 1.54) is 17.0 Å². The molecule has 3 aromatic rings. The Labute approximate surface area is 261 Å². The van der Waals surface area contributed by atoms with E-state index in [0.717, 1.165) is 20.8 Å². The Morgan fingerprint density at radius 1 is 0.927 bits per heavy atom. The third-order valence-electron chi connectivity index (χ3n) is 6.73. The predicted molar refractivity (Wildman–Crippen MR) is 169 cm³/mol. The Morgan fingerprint density at radius 3 is 2.12 bits per heavy atom. The topological polar surface area (TPSA) is 86.8 Å². The van der Waals surface area contributed by atoms with Crippen molar-refractivity contribution in [1.29, 1.82) is 0 Å². The van der Waals surface area contributed by atoms with Crippen LogP contribution in [0.25, 0.3) is 0 Å². The zero-order chi connectivity index (χ0) is 30.3. The van der Waals surface area contributed by atoms with Gasteiger partial charge >= 0.3 is 0 Å². The van der Waals surface area contributed by atoms with Crippen LogP contribution in [-0.4, -0.2) is 43.8 Å². The molecule has 0 saturated heterocycles. The van der Waals surface area contributed by atoms with Gasteiger partial charge in [0.25, 0.3) is 10.0 Å². The molecule has 0 unspecified atom stereocenters. The minimum absolute atomic E-state index is 0.0287. The molecular weight excluding hydrogens is 649 g/mol. The Morgan fingerprint density at radius 2 is 1.56 bits per heavy atom. The number of sulfonamides is 1. The van der Waals surface area contributed by atoms with Crippen molar-refractivity contribution in [1.82, 2.24) is 10.2 Å². The molecule has 0 spiro atoms. The van der Waals surface area contributed by atoms with Crippen LogP contribution in [-0.2, 0) is 26.2 Å². The lowest BCUT2D eigenvalue weighted by atomic mass is 10.1. The Hall–Kier alpha value is -2.59. The summed E-state index contributed by atoms with van der Waals surface area (Å²) < 4.78 is 29.7. The van der Waals surface area contributed by atoms with Crippen LogP contribution < -0.4 is 9.62 Å². The molecule has 41 heavy (non-hydrogen) atoms. The molecule has 2 atom stereocenters. The van der Waals surface area contributed by atoms with Crippen LogP contribution >= 0.6 is 39.1 Å².